The van der Waals surface area contributed by atoms with Gasteiger partial charge in [-0.1, -0.05) is 23.9 Å². The number of nitrogens with one attached hydrogen (secondary N) is 1. The van der Waals surface area contributed by atoms with Gasteiger partial charge in [-0.25, -0.2) is 0 Å². The summed E-state index contributed by atoms with van der Waals surface area (Å²) in [5.41, 5.74) is 3.17. The van der Waals surface area contributed by atoms with E-state index in [4.69, 9.17) is 4.74 Å². The molecule has 1 N–H and O–H groups in total. The number of thioether (sulfide) groups is 1. The third-order valence-corrected chi connectivity index (χ3v) is 5.59. The number of tetrazole rings is 1. The third-order valence-electron chi connectivity index (χ3n) is 4.67. The van der Waals surface area contributed by atoms with E-state index in [9.17, 15) is 14.9 Å². The molecule has 0 atom stereocenters. The topological polar surface area (TPSA) is 125 Å². The van der Waals surface area contributed by atoms with Crippen LogP contribution < -0.4 is 10.1 Å². The zero-order chi connectivity index (χ0) is 23.2. The van der Waals surface area contributed by atoms with Crippen LogP contribution in [0.4, 0.5) is 11.4 Å². The summed E-state index contributed by atoms with van der Waals surface area (Å²) in [5.74, 6) is 0.646. The van der Waals surface area contributed by atoms with Crippen LogP contribution in [0.2, 0.25) is 0 Å². The smallest absolute Gasteiger partial charge is 0.269 e. The number of hydrogen-bond acceptors (Lipinski definition) is 8. The molecule has 10 nitrogen and oxygen atoms in total. The average Bonchev–Trinajstić information content (AvgIpc) is 3.32. The van der Waals surface area contributed by atoms with Gasteiger partial charge >= 0.3 is 0 Å². The monoisotopic (exact) mass is 462 g/mol. The fraction of sp³-hybridized carbons (Fsp3) is 0.0909. The zero-order valence-corrected chi connectivity index (χ0v) is 18.2. The number of carbonyl (C=O) groups is 1. The van der Waals surface area contributed by atoms with Gasteiger partial charge in [0.25, 0.3) is 5.69 Å². The van der Waals surface area contributed by atoms with Gasteiger partial charge in [0, 0.05) is 17.8 Å². The van der Waals surface area contributed by atoms with Gasteiger partial charge in [0.2, 0.25) is 11.1 Å². The Labute approximate surface area is 192 Å². The second-order valence-corrected chi connectivity index (χ2v) is 7.73. The number of nitro benzene ring substituents is 1. The van der Waals surface area contributed by atoms with Crippen molar-refractivity contribution in [2.45, 2.75) is 5.16 Å². The Bertz CT molecular complexity index is 1260. The third kappa shape index (κ3) is 5.33. The summed E-state index contributed by atoms with van der Waals surface area (Å²) in [4.78, 5) is 22.8. The first-order chi connectivity index (χ1) is 16.0. The maximum absolute atomic E-state index is 12.4. The van der Waals surface area contributed by atoms with Crippen LogP contribution in [0.5, 0.6) is 5.75 Å². The Morgan fingerprint density at radius 1 is 1.03 bits per heavy atom. The first-order valence-corrected chi connectivity index (χ1v) is 10.7. The highest BCUT2D eigenvalue weighted by Crippen LogP contribution is 2.24. The lowest BCUT2D eigenvalue weighted by Crippen LogP contribution is -2.14. The van der Waals surface area contributed by atoms with Crippen molar-refractivity contribution in [1.29, 1.82) is 0 Å². The fourth-order valence-electron chi connectivity index (χ4n) is 3.00. The highest BCUT2D eigenvalue weighted by molar-refractivity contribution is 7.99. The number of amides is 1. The van der Waals surface area contributed by atoms with Gasteiger partial charge in [-0.2, -0.15) is 4.68 Å². The Morgan fingerprint density at radius 3 is 2.27 bits per heavy atom. The van der Waals surface area contributed by atoms with Gasteiger partial charge in [0.05, 0.1) is 23.5 Å². The van der Waals surface area contributed by atoms with E-state index >= 15 is 0 Å². The largest absolute Gasteiger partial charge is 0.497 e. The van der Waals surface area contributed by atoms with Crippen LogP contribution in [-0.4, -0.2) is 43.9 Å². The van der Waals surface area contributed by atoms with Crippen LogP contribution in [0.3, 0.4) is 0 Å². The van der Waals surface area contributed by atoms with Crippen LogP contribution in [0, 0.1) is 10.1 Å². The molecule has 11 heteroatoms. The van der Waals surface area contributed by atoms with Crippen LogP contribution in [-0.2, 0) is 4.79 Å². The summed E-state index contributed by atoms with van der Waals surface area (Å²) < 4.78 is 6.71. The number of non-ortho nitro benzene ring substituents is 1. The molecule has 4 rings (SSSR count). The summed E-state index contributed by atoms with van der Waals surface area (Å²) in [5, 5.41) is 25.8. The number of methoxy groups -OCH3 is 1. The highest BCUT2D eigenvalue weighted by Gasteiger charge is 2.12. The molecule has 0 unspecified atom stereocenters. The van der Waals surface area contributed by atoms with Gasteiger partial charge in [0.15, 0.2) is 0 Å². The summed E-state index contributed by atoms with van der Waals surface area (Å²) in [6.07, 6.45) is 0. The molecule has 4 aromatic rings. The van der Waals surface area contributed by atoms with Crippen LogP contribution in [0.25, 0.3) is 16.8 Å². The van der Waals surface area contributed by atoms with Crippen molar-refractivity contribution < 1.29 is 14.5 Å². The normalized spacial score (nSPS) is 10.6. The lowest BCUT2D eigenvalue weighted by Gasteiger charge is -2.07. The standard InChI is InChI=1S/C22H18N6O4S/c1-32-20-12-10-18(11-13-20)27-22(24-25-26-27)33-14-21(29)23-17-6-2-15(3-7-17)16-4-8-19(9-5-16)28(30)31/h2-13H,14H2,1H3,(H,23,29). The van der Waals surface area contributed by atoms with E-state index in [1.807, 2.05) is 24.3 Å². The molecule has 33 heavy (non-hydrogen) atoms. The van der Waals surface area contributed by atoms with Crippen molar-refractivity contribution in [2.24, 2.45) is 0 Å². The predicted octanol–water partition coefficient (Wildman–Crippen LogP) is 3.98. The molecule has 0 aliphatic carbocycles. The second-order valence-electron chi connectivity index (χ2n) is 6.79. The first kappa shape index (κ1) is 22.0. The number of benzene rings is 3. The number of rotatable bonds is 8. The lowest BCUT2D eigenvalue weighted by atomic mass is 10.1. The molecular weight excluding hydrogens is 444 g/mol. The molecule has 1 amide bonds. The number of aromatic nitrogens is 4. The Balaban J connectivity index is 1.35. The molecule has 0 aliphatic rings. The molecule has 1 aromatic heterocycles. The average molecular weight is 462 g/mol. The molecule has 0 spiro atoms. The second kappa shape index (κ2) is 9.92. The SMILES string of the molecule is COc1ccc(-n2nnnc2SCC(=O)Nc2ccc(-c3ccc([N+](=O)[O-])cc3)cc2)cc1. The maximum atomic E-state index is 12.4. The van der Waals surface area contributed by atoms with Gasteiger partial charge in [-0.3, -0.25) is 14.9 Å². The van der Waals surface area contributed by atoms with Gasteiger partial charge in [-0.15, -0.1) is 5.10 Å². The summed E-state index contributed by atoms with van der Waals surface area (Å²) in [6, 6.07) is 20.8. The van der Waals surface area contributed by atoms with E-state index in [0.29, 0.717) is 10.8 Å². The van der Waals surface area contributed by atoms with Gasteiger partial charge in [-0.05, 0) is 70.1 Å². The molecule has 166 valence electrons. The van der Waals surface area contributed by atoms with E-state index in [1.165, 1.54) is 23.9 Å². The van der Waals surface area contributed by atoms with Gasteiger partial charge < -0.3 is 10.1 Å². The Kier molecular flexibility index (Phi) is 6.60. The minimum atomic E-state index is -0.435. The highest BCUT2D eigenvalue weighted by atomic mass is 32.2. The molecule has 0 fully saturated rings. The van der Waals surface area contributed by atoms with Crippen molar-refractivity contribution >= 4 is 29.0 Å². The summed E-state index contributed by atoms with van der Waals surface area (Å²) in [6.45, 7) is 0. The van der Waals surface area contributed by atoms with E-state index < -0.39 is 4.92 Å². The van der Waals surface area contributed by atoms with E-state index in [-0.39, 0.29) is 17.3 Å². The Hall–Kier alpha value is -4.25. The predicted molar refractivity (Wildman–Crippen MR) is 124 cm³/mol. The fourth-order valence-corrected chi connectivity index (χ4v) is 3.69. The number of anilines is 1. The van der Waals surface area contributed by atoms with Crippen molar-refractivity contribution in [3.63, 3.8) is 0 Å². The number of carbonyl (C=O) groups excluding carboxylic acids is 1. The summed E-state index contributed by atoms with van der Waals surface area (Å²) >= 11 is 1.22. The molecule has 0 saturated heterocycles. The van der Waals surface area contributed by atoms with Crippen molar-refractivity contribution in [3.8, 4) is 22.6 Å². The Morgan fingerprint density at radius 2 is 1.67 bits per heavy atom. The number of hydrogen-bond donors (Lipinski definition) is 1. The quantitative estimate of drug-likeness (QED) is 0.237. The van der Waals surface area contributed by atoms with Gasteiger partial charge in [0.1, 0.15) is 5.75 Å². The molecule has 1 heterocycles. The molecule has 3 aromatic carbocycles. The van der Waals surface area contributed by atoms with Crippen molar-refractivity contribution in [1.82, 2.24) is 20.2 Å². The zero-order valence-electron chi connectivity index (χ0n) is 17.4. The van der Waals surface area contributed by atoms with E-state index in [1.54, 1.807) is 48.2 Å². The van der Waals surface area contributed by atoms with E-state index in [2.05, 4.69) is 20.8 Å². The van der Waals surface area contributed by atoms with E-state index in [0.717, 1.165) is 22.6 Å². The minimum absolute atomic E-state index is 0.0400. The van der Waals surface area contributed by atoms with Crippen molar-refractivity contribution in [2.75, 3.05) is 18.2 Å². The summed E-state index contributed by atoms with van der Waals surface area (Å²) in [7, 11) is 1.59. The molecular formula is C22H18N6O4S. The minimum Gasteiger partial charge on any atom is -0.497 e. The van der Waals surface area contributed by atoms with Crippen LogP contribution >= 0.6 is 11.8 Å². The number of ether oxygens (including phenoxy) is 1. The molecule has 0 bridgehead atoms. The van der Waals surface area contributed by atoms with Crippen LogP contribution in [0.15, 0.2) is 78.0 Å². The van der Waals surface area contributed by atoms with Crippen LogP contribution in [0.1, 0.15) is 0 Å². The number of nitro groups is 1. The maximum Gasteiger partial charge on any atom is 0.269 e. The van der Waals surface area contributed by atoms with Crippen molar-refractivity contribution in [3.05, 3.63) is 82.9 Å². The lowest BCUT2D eigenvalue weighted by molar-refractivity contribution is -0.384. The molecule has 0 aliphatic heterocycles. The molecule has 0 saturated carbocycles. The first-order valence-electron chi connectivity index (χ1n) is 9.74. The number of nitrogens with zero attached hydrogens (tertiary/aromatic N) is 5. The molecule has 0 radical (unpaired) electrons.